The second kappa shape index (κ2) is 7.59. The van der Waals surface area contributed by atoms with Crippen LogP contribution in [-0.2, 0) is 11.0 Å². The van der Waals surface area contributed by atoms with Crippen LogP contribution in [-0.4, -0.2) is 53.5 Å². The molecule has 2 aromatic rings. The standard InChI is InChI=1S/C17H18F3N5O/c18-17(19,20)13-4-1-2-5-14(13)23-12-15(26)24-8-10-25(11-9-24)16-21-6-3-7-22-16/h1-7,23H,8-12H2. The molecule has 6 nitrogen and oxygen atoms in total. The highest BCUT2D eigenvalue weighted by atomic mass is 19.4. The van der Waals surface area contributed by atoms with Gasteiger partial charge >= 0.3 is 6.18 Å². The summed E-state index contributed by atoms with van der Waals surface area (Å²) in [6, 6.07) is 6.86. The number of benzene rings is 1. The predicted molar refractivity (Wildman–Crippen MR) is 90.8 cm³/mol. The van der Waals surface area contributed by atoms with Crippen LogP contribution in [0.3, 0.4) is 0 Å². The summed E-state index contributed by atoms with van der Waals surface area (Å²) in [5.41, 5.74) is -0.872. The number of piperazine rings is 1. The number of carbonyl (C=O) groups excluding carboxylic acids is 1. The van der Waals surface area contributed by atoms with Gasteiger partial charge in [-0.1, -0.05) is 12.1 Å². The molecule has 1 aliphatic rings. The van der Waals surface area contributed by atoms with E-state index >= 15 is 0 Å². The lowest BCUT2D eigenvalue weighted by Gasteiger charge is -2.34. The third-order valence-electron chi connectivity index (χ3n) is 4.13. The van der Waals surface area contributed by atoms with Crippen molar-refractivity contribution < 1.29 is 18.0 Å². The molecule has 1 aromatic carbocycles. The molecular weight excluding hydrogens is 347 g/mol. The Kier molecular flexibility index (Phi) is 5.24. The lowest BCUT2D eigenvalue weighted by molar-refractivity contribution is -0.137. The van der Waals surface area contributed by atoms with Gasteiger partial charge in [-0.2, -0.15) is 13.2 Å². The molecule has 1 fully saturated rings. The van der Waals surface area contributed by atoms with Crippen LogP contribution in [0.5, 0.6) is 0 Å². The Hall–Kier alpha value is -2.84. The summed E-state index contributed by atoms with van der Waals surface area (Å²) >= 11 is 0. The van der Waals surface area contributed by atoms with E-state index in [1.165, 1.54) is 18.2 Å². The number of nitrogens with one attached hydrogen (secondary N) is 1. The Labute approximate surface area is 148 Å². The molecule has 1 amide bonds. The molecule has 138 valence electrons. The van der Waals surface area contributed by atoms with Crippen molar-refractivity contribution in [3.8, 4) is 0 Å². The first-order chi connectivity index (χ1) is 12.4. The minimum Gasteiger partial charge on any atom is -0.376 e. The van der Waals surface area contributed by atoms with Crippen molar-refractivity contribution in [1.82, 2.24) is 14.9 Å². The molecule has 0 aliphatic carbocycles. The minimum absolute atomic E-state index is 0.0929. The fraction of sp³-hybridized carbons (Fsp3) is 0.353. The third-order valence-corrected chi connectivity index (χ3v) is 4.13. The van der Waals surface area contributed by atoms with Crippen LogP contribution < -0.4 is 10.2 Å². The summed E-state index contributed by atoms with van der Waals surface area (Å²) in [6.07, 6.45) is -1.16. The second-order valence-corrected chi connectivity index (χ2v) is 5.81. The summed E-state index contributed by atoms with van der Waals surface area (Å²) in [5, 5.41) is 2.61. The number of alkyl halides is 3. The van der Waals surface area contributed by atoms with Gasteiger partial charge in [-0.15, -0.1) is 0 Å². The number of nitrogens with zero attached hydrogens (tertiary/aromatic N) is 4. The zero-order valence-electron chi connectivity index (χ0n) is 13.9. The van der Waals surface area contributed by atoms with Crippen molar-refractivity contribution in [1.29, 1.82) is 0 Å². The number of amides is 1. The average molecular weight is 365 g/mol. The molecule has 1 aromatic heterocycles. The number of aromatic nitrogens is 2. The van der Waals surface area contributed by atoms with Crippen LogP contribution in [0.2, 0.25) is 0 Å². The number of para-hydroxylation sites is 1. The third kappa shape index (κ3) is 4.22. The van der Waals surface area contributed by atoms with Gasteiger partial charge in [0.1, 0.15) is 0 Å². The molecule has 0 saturated carbocycles. The van der Waals surface area contributed by atoms with Crippen molar-refractivity contribution in [2.24, 2.45) is 0 Å². The molecular formula is C17H18F3N5O. The predicted octanol–water partition coefficient (Wildman–Crippen LogP) is 2.26. The highest BCUT2D eigenvalue weighted by Gasteiger charge is 2.33. The zero-order chi connectivity index (χ0) is 18.6. The Morgan fingerprint density at radius 3 is 2.35 bits per heavy atom. The summed E-state index contributed by atoms with van der Waals surface area (Å²) in [4.78, 5) is 24.3. The van der Waals surface area contributed by atoms with E-state index in [0.29, 0.717) is 32.1 Å². The van der Waals surface area contributed by atoms with Gasteiger partial charge in [0.15, 0.2) is 0 Å². The van der Waals surface area contributed by atoms with E-state index in [-0.39, 0.29) is 18.1 Å². The summed E-state index contributed by atoms with van der Waals surface area (Å²) in [7, 11) is 0. The smallest absolute Gasteiger partial charge is 0.376 e. The molecule has 1 N–H and O–H groups in total. The monoisotopic (exact) mass is 365 g/mol. The number of rotatable bonds is 4. The van der Waals surface area contributed by atoms with Gasteiger partial charge in [0, 0.05) is 44.3 Å². The van der Waals surface area contributed by atoms with Crippen LogP contribution in [0.15, 0.2) is 42.7 Å². The van der Waals surface area contributed by atoms with E-state index in [0.717, 1.165) is 6.07 Å². The second-order valence-electron chi connectivity index (χ2n) is 5.81. The van der Waals surface area contributed by atoms with Crippen LogP contribution in [0.4, 0.5) is 24.8 Å². The van der Waals surface area contributed by atoms with Gasteiger partial charge in [0.05, 0.1) is 12.1 Å². The molecule has 0 bridgehead atoms. The summed E-state index contributed by atoms with van der Waals surface area (Å²) in [6.45, 7) is 1.91. The van der Waals surface area contributed by atoms with Gasteiger partial charge in [-0.25, -0.2) is 9.97 Å². The van der Waals surface area contributed by atoms with Crippen molar-refractivity contribution in [2.45, 2.75) is 6.18 Å². The number of anilines is 2. The van der Waals surface area contributed by atoms with Gasteiger partial charge in [-0.05, 0) is 18.2 Å². The van der Waals surface area contributed by atoms with Crippen molar-refractivity contribution in [2.75, 3.05) is 42.9 Å². The Balaban J connectivity index is 1.54. The van der Waals surface area contributed by atoms with Crippen LogP contribution in [0, 0.1) is 0 Å². The largest absolute Gasteiger partial charge is 0.418 e. The number of hydrogen-bond donors (Lipinski definition) is 1. The Bertz CT molecular complexity index is 746. The molecule has 0 radical (unpaired) electrons. The van der Waals surface area contributed by atoms with E-state index in [4.69, 9.17) is 0 Å². The first kappa shape index (κ1) is 18.0. The highest BCUT2D eigenvalue weighted by molar-refractivity contribution is 5.81. The fourth-order valence-electron chi connectivity index (χ4n) is 2.78. The van der Waals surface area contributed by atoms with E-state index in [9.17, 15) is 18.0 Å². The molecule has 2 heterocycles. The summed E-state index contributed by atoms with van der Waals surface area (Å²) in [5.74, 6) is 0.368. The molecule has 0 unspecified atom stereocenters. The van der Waals surface area contributed by atoms with Gasteiger partial charge < -0.3 is 15.1 Å². The van der Waals surface area contributed by atoms with Crippen molar-refractivity contribution >= 4 is 17.5 Å². The van der Waals surface area contributed by atoms with Crippen LogP contribution in [0.1, 0.15) is 5.56 Å². The maximum Gasteiger partial charge on any atom is 0.418 e. The van der Waals surface area contributed by atoms with Crippen LogP contribution in [0.25, 0.3) is 0 Å². The maximum atomic E-state index is 13.0. The molecule has 1 saturated heterocycles. The molecule has 0 spiro atoms. The SMILES string of the molecule is O=C(CNc1ccccc1C(F)(F)F)N1CCN(c2ncccn2)CC1. The van der Waals surface area contributed by atoms with E-state index < -0.39 is 11.7 Å². The van der Waals surface area contributed by atoms with Gasteiger partial charge in [0.2, 0.25) is 11.9 Å². The van der Waals surface area contributed by atoms with E-state index in [1.54, 1.807) is 23.4 Å². The van der Waals surface area contributed by atoms with Gasteiger partial charge in [-0.3, -0.25) is 4.79 Å². The average Bonchev–Trinajstić information content (AvgIpc) is 2.66. The van der Waals surface area contributed by atoms with Crippen LogP contribution >= 0.6 is 0 Å². The number of hydrogen-bond acceptors (Lipinski definition) is 5. The first-order valence-corrected chi connectivity index (χ1v) is 8.15. The Morgan fingerprint density at radius 1 is 1.04 bits per heavy atom. The quantitative estimate of drug-likeness (QED) is 0.901. The lowest BCUT2D eigenvalue weighted by atomic mass is 10.1. The lowest BCUT2D eigenvalue weighted by Crippen LogP contribution is -2.50. The highest BCUT2D eigenvalue weighted by Crippen LogP contribution is 2.34. The molecule has 1 aliphatic heterocycles. The number of halogens is 3. The molecule has 3 rings (SSSR count). The van der Waals surface area contributed by atoms with E-state index in [2.05, 4.69) is 15.3 Å². The normalized spacial score (nSPS) is 15.0. The number of carbonyl (C=O) groups is 1. The molecule has 26 heavy (non-hydrogen) atoms. The van der Waals surface area contributed by atoms with E-state index in [1.807, 2.05) is 4.90 Å². The maximum absolute atomic E-state index is 13.0. The van der Waals surface area contributed by atoms with Gasteiger partial charge in [0.25, 0.3) is 0 Å². The summed E-state index contributed by atoms with van der Waals surface area (Å²) < 4.78 is 38.9. The van der Waals surface area contributed by atoms with Crippen molar-refractivity contribution in [3.05, 3.63) is 48.3 Å². The fourth-order valence-corrected chi connectivity index (χ4v) is 2.78. The van der Waals surface area contributed by atoms with Crippen molar-refractivity contribution in [3.63, 3.8) is 0 Å². The molecule has 0 atom stereocenters. The molecule has 9 heteroatoms. The topological polar surface area (TPSA) is 61.4 Å². The zero-order valence-corrected chi connectivity index (χ0v) is 13.9. The minimum atomic E-state index is -4.46. The first-order valence-electron chi connectivity index (χ1n) is 8.15. The Morgan fingerprint density at radius 2 is 1.69 bits per heavy atom.